The monoisotopic (exact) mass is 670 g/mol. The van der Waals surface area contributed by atoms with Crippen LogP contribution in [0.5, 0.6) is 5.75 Å². The molecule has 0 aliphatic heterocycles. The minimum absolute atomic E-state index is 0.298. The third-order valence-corrected chi connectivity index (χ3v) is 7.86. The van der Waals surface area contributed by atoms with Crippen molar-refractivity contribution in [3.63, 3.8) is 0 Å². The number of halogens is 2. The van der Waals surface area contributed by atoms with Gasteiger partial charge in [0.1, 0.15) is 17.9 Å². The van der Waals surface area contributed by atoms with Crippen LogP contribution in [0.4, 0.5) is 5.69 Å². The number of hydrogen-bond donors (Lipinski definition) is 0. The van der Waals surface area contributed by atoms with Crippen molar-refractivity contribution in [2.75, 3.05) is 19.0 Å². The van der Waals surface area contributed by atoms with Crippen LogP contribution < -0.4 is 15.2 Å². The molecule has 0 aliphatic carbocycles. The number of rotatable bonds is 7. The normalized spacial score (nSPS) is 11.5. The summed E-state index contributed by atoms with van der Waals surface area (Å²) < 4.78 is 15.6. The molecule has 0 aliphatic rings. The van der Waals surface area contributed by atoms with E-state index in [1.165, 1.54) is 4.68 Å². The molecule has 6 rings (SSSR count). The zero-order valence-corrected chi connectivity index (χ0v) is 25.4. The van der Waals surface area contributed by atoms with Gasteiger partial charge in [0.15, 0.2) is 5.76 Å². The van der Waals surface area contributed by atoms with E-state index in [4.69, 9.17) is 14.1 Å². The van der Waals surface area contributed by atoms with Gasteiger partial charge in [0.2, 0.25) is 5.82 Å². The van der Waals surface area contributed by atoms with Gasteiger partial charge in [-0.25, -0.2) is 4.98 Å². The van der Waals surface area contributed by atoms with Crippen LogP contribution in [-0.2, 0) is 6.61 Å². The van der Waals surface area contributed by atoms with Crippen molar-refractivity contribution in [1.29, 1.82) is 0 Å². The second-order valence-corrected chi connectivity index (χ2v) is 11.4. The number of anilines is 1. The standard InChI is InChI=1S/C32H24Br2N4O3/c1-37(2)24-14-12-21(29(17-24)40-19-22-11-13-23(33)16-26(22)34)18-35-38-31(30-15-20-7-3-6-10-28(20)41-30)36-27-9-5-4-8-25(27)32(38)39/h3-18H,19H2,1-2H3. The zero-order valence-electron chi connectivity index (χ0n) is 22.2. The first-order valence-corrected chi connectivity index (χ1v) is 14.4. The lowest BCUT2D eigenvalue weighted by molar-refractivity contribution is 0.305. The number of hydrogen-bond acceptors (Lipinski definition) is 6. The Labute approximate surface area is 253 Å². The molecule has 4 aromatic carbocycles. The molecule has 0 unspecified atom stereocenters. The predicted octanol–water partition coefficient (Wildman–Crippen LogP) is 7.86. The molecule has 6 aromatic rings. The topological polar surface area (TPSA) is 72.9 Å². The lowest BCUT2D eigenvalue weighted by Gasteiger charge is -2.16. The van der Waals surface area contributed by atoms with Gasteiger partial charge in [-0.2, -0.15) is 9.78 Å². The van der Waals surface area contributed by atoms with Crippen molar-refractivity contribution in [3.8, 4) is 17.3 Å². The molecular formula is C32H24Br2N4O3. The Balaban J connectivity index is 1.44. The fourth-order valence-corrected chi connectivity index (χ4v) is 5.59. The van der Waals surface area contributed by atoms with Crippen molar-refractivity contribution in [1.82, 2.24) is 9.66 Å². The first kappa shape index (κ1) is 27.0. The molecule has 0 radical (unpaired) electrons. The largest absolute Gasteiger partial charge is 0.488 e. The van der Waals surface area contributed by atoms with E-state index in [1.54, 1.807) is 12.3 Å². The fourth-order valence-electron chi connectivity index (χ4n) is 4.43. The van der Waals surface area contributed by atoms with Crippen molar-refractivity contribution in [2.24, 2.45) is 5.10 Å². The van der Waals surface area contributed by atoms with Gasteiger partial charge in [0.25, 0.3) is 5.56 Å². The van der Waals surface area contributed by atoms with E-state index in [9.17, 15) is 4.79 Å². The molecule has 7 nitrogen and oxygen atoms in total. The number of fused-ring (bicyclic) bond motifs is 2. The van der Waals surface area contributed by atoms with Crippen LogP contribution in [0.2, 0.25) is 0 Å². The quantitative estimate of drug-likeness (QED) is 0.162. The van der Waals surface area contributed by atoms with E-state index in [2.05, 4.69) is 37.0 Å². The summed E-state index contributed by atoms with van der Waals surface area (Å²) in [6, 6.07) is 28.6. The van der Waals surface area contributed by atoms with Crippen LogP contribution >= 0.6 is 31.9 Å². The molecule has 9 heteroatoms. The highest BCUT2D eigenvalue weighted by Crippen LogP contribution is 2.29. The molecule has 0 saturated carbocycles. The highest BCUT2D eigenvalue weighted by Gasteiger charge is 2.17. The lowest BCUT2D eigenvalue weighted by atomic mass is 10.2. The number of ether oxygens (including phenoxy) is 1. The molecular weight excluding hydrogens is 648 g/mol. The van der Waals surface area contributed by atoms with Crippen LogP contribution in [-0.4, -0.2) is 30.0 Å². The smallest absolute Gasteiger partial charge is 0.282 e. The van der Waals surface area contributed by atoms with Gasteiger partial charge in [-0.1, -0.05) is 68.3 Å². The highest BCUT2D eigenvalue weighted by molar-refractivity contribution is 9.11. The zero-order chi connectivity index (χ0) is 28.5. The number of nitrogens with zero attached hydrogens (tertiary/aromatic N) is 4. The van der Waals surface area contributed by atoms with Gasteiger partial charge in [0, 0.05) is 51.3 Å². The fraction of sp³-hybridized carbons (Fsp3) is 0.0938. The Kier molecular flexibility index (Phi) is 7.47. The van der Waals surface area contributed by atoms with E-state index in [-0.39, 0.29) is 5.56 Å². The summed E-state index contributed by atoms with van der Waals surface area (Å²) in [7, 11) is 3.94. The van der Waals surface area contributed by atoms with E-state index in [0.29, 0.717) is 46.0 Å². The van der Waals surface area contributed by atoms with Gasteiger partial charge < -0.3 is 14.1 Å². The molecule has 0 bridgehead atoms. The molecule has 0 atom stereocenters. The molecule has 0 amide bonds. The Morgan fingerprint density at radius 1 is 0.976 bits per heavy atom. The van der Waals surface area contributed by atoms with Gasteiger partial charge in [-0.15, -0.1) is 0 Å². The minimum Gasteiger partial charge on any atom is -0.488 e. The maximum Gasteiger partial charge on any atom is 0.282 e. The Morgan fingerprint density at radius 2 is 1.78 bits per heavy atom. The van der Waals surface area contributed by atoms with Gasteiger partial charge in [-0.3, -0.25) is 4.79 Å². The first-order chi connectivity index (χ1) is 19.9. The minimum atomic E-state index is -0.298. The maximum absolute atomic E-state index is 13.7. The molecule has 0 fully saturated rings. The van der Waals surface area contributed by atoms with Crippen molar-refractivity contribution < 1.29 is 9.15 Å². The number of furan rings is 1. The van der Waals surface area contributed by atoms with E-state index in [0.717, 1.165) is 25.6 Å². The summed E-state index contributed by atoms with van der Waals surface area (Å²) in [5.41, 5.74) is 3.65. The first-order valence-electron chi connectivity index (χ1n) is 12.8. The maximum atomic E-state index is 13.7. The van der Waals surface area contributed by atoms with Gasteiger partial charge in [0.05, 0.1) is 17.1 Å². The number of para-hydroxylation sites is 2. The Morgan fingerprint density at radius 3 is 2.59 bits per heavy atom. The highest BCUT2D eigenvalue weighted by atomic mass is 79.9. The van der Waals surface area contributed by atoms with Crippen LogP contribution in [0.3, 0.4) is 0 Å². The summed E-state index contributed by atoms with van der Waals surface area (Å²) in [6.45, 7) is 0.341. The van der Waals surface area contributed by atoms with Gasteiger partial charge in [-0.05, 0) is 48.5 Å². The molecule has 2 aromatic heterocycles. The predicted molar refractivity (Wildman–Crippen MR) is 171 cm³/mol. The second kappa shape index (κ2) is 11.3. The molecule has 2 heterocycles. The molecule has 0 N–H and O–H groups in total. The van der Waals surface area contributed by atoms with Crippen molar-refractivity contribution in [2.45, 2.75) is 6.61 Å². The molecule has 204 valence electrons. The third-order valence-electron chi connectivity index (χ3n) is 6.62. The van der Waals surface area contributed by atoms with E-state index >= 15 is 0 Å². The summed E-state index contributed by atoms with van der Waals surface area (Å²) in [5.74, 6) is 1.39. The van der Waals surface area contributed by atoms with E-state index < -0.39 is 0 Å². The number of aromatic nitrogens is 2. The summed E-state index contributed by atoms with van der Waals surface area (Å²) >= 11 is 7.10. The molecule has 0 saturated heterocycles. The van der Waals surface area contributed by atoms with Crippen LogP contribution in [0.25, 0.3) is 33.5 Å². The SMILES string of the molecule is CN(C)c1ccc(C=Nn2c(-c3cc4ccccc4o3)nc3ccccc3c2=O)c(OCc2ccc(Br)cc2Br)c1. The second-order valence-electron chi connectivity index (χ2n) is 9.60. The van der Waals surface area contributed by atoms with Gasteiger partial charge >= 0.3 is 0 Å². The third kappa shape index (κ3) is 5.55. The van der Waals surface area contributed by atoms with Crippen LogP contribution in [0.15, 0.2) is 114 Å². The summed E-state index contributed by atoms with van der Waals surface area (Å²) in [5, 5.41) is 6.01. The summed E-state index contributed by atoms with van der Waals surface area (Å²) in [4.78, 5) is 20.5. The average molecular weight is 672 g/mol. The Hall–Kier alpha value is -4.21. The van der Waals surface area contributed by atoms with Crippen molar-refractivity contribution >= 4 is 65.6 Å². The van der Waals surface area contributed by atoms with Crippen LogP contribution in [0, 0.1) is 0 Å². The van der Waals surface area contributed by atoms with E-state index in [1.807, 2.05) is 104 Å². The lowest BCUT2D eigenvalue weighted by Crippen LogP contribution is -2.20. The molecule has 0 spiro atoms. The van der Waals surface area contributed by atoms with Crippen LogP contribution in [0.1, 0.15) is 11.1 Å². The molecule has 41 heavy (non-hydrogen) atoms. The summed E-state index contributed by atoms with van der Waals surface area (Å²) in [6.07, 6.45) is 1.62. The average Bonchev–Trinajstić information content (AvgIpc) is 3.41. The number of benzene rings is 4. The van der Waals surface area contributed by atoms with Crippen molar-refractivity contribution in [3.05, 3.63) is 121 Å². The Bertz CT molecular complexity index is 1960.